The molecule has 0 aliphatic rings. The molecule has 0 atom stereocenters. The van der Waals surface area contributed by atoms with Crippen molar-refractivity contribution >= 4 is 17.6 Å². The first-order valence-electron chi connectivity index (χ1n) is 6.74. The van der Waals surface area contributed by atoms with Crippen LogP contribution in [0.5, 0.6) is 0 Å². The molecule has 1 aromatic heterocycles. The summed E-state index contributed by atoms with van der Waals surface area (Å²) in [6.07, 6.45) is 1.35. The number of nitrogens with zero attached hydrogens (tertiary/aromatic N) is 2. The van der Waals surface area contributed by atoms with Crippen LogP contribution in [0.15, 0.2) is 47.2 Å². The van der Waals surface area contributed by atoms with Gasteiger partial charge in [0.25, 0.3) is 5.91 Å². The van der Waals surface area contributed by atoms with E-state index in [1.54, 1.807) is 31.4 Å². The molecule has 1 aromatic carbocycles. The van der Waals surface area contributed by atoms with E-state index in [0.29, 0.717) is 24.5 Å². The molecule has 7 nitrogen and oxygen atoms in total. The van der Waals surface area contributed by atoms with Gasteiger partial charge in [0.15, 0.2) is 5.82 Å². The van der Waals surface area contributed by atoms with Crippen molar-refractivity contribution in [2.24, 2.45) is 0 Å². The third-order valence-electron chi connectivity index (χ3n) is 2.91. The fourth-order valence-electron chi connectivity index (χ4n) is 1.85. The Kier molecular flexibility index (Phi) is 5.67. The van der Waals surface area contributed by atoms with Gasteiger partial charge in [0.1, 0.15) is 12.8 Å². The number of methoxy groups -OCH3 is 1. The van der Waals surface area contributed by atoms with Gasteiger partial charge in [-0.15, -0.1) is 0 Å². The predicted molar refractivity (Wildman–Crippen MR) is 79.4 cm³/mol. The van der Waals surface area contributed by atoms with Gasteiger partial charge in [0.2, 0.25) is 5.91 Å². The van der Waals surface area contributed by atoms with Crippen LogP contribution in [0.4, 0.5) is 5.82 Å². The van der Waals surface area contributed by atoms with Gasteiger partial charge in [-0.25, -0.2) is 0 Å². The third-order valence-corrected chi connectivity index (χ3v) is 2.91. The molecule has 116 valence electrons. The lowest BCUT2D eigenvalue weighted by molar-refractivity contribution is -0.117. The van der Waals surface area contributed by atoms with E-state index in [4.69, 9.17) is 4.74 Å². The molecule has 2 aromatic rings. The number of amides is 2. The molecule has 0 spiro atoms. The Hall–Kier alpha value is -2.67. The SMILES string of the molecule is COCCN(CC(=O)Nc1ccon1)C(=O)c1ccccc1. The highest BCUT2D eigenvalue weighted by Crippen LogP contribution is 2.06. The number of benzene rings is 1. The average Bonchev–Trinajstić information content (AvgIpc) is 3.04. The van der Waals surface area contributed by atoms with Crippen molar-refractivity contribution in [3.63, 3.8) is 0 Å². The minimum Gasteiger partial charge on any atom is -0.383 e. The molecule has 0 fully saturated rings. The van der Waals surface area contributed by atoms with Gasteiger partial charge < -0.3 is 19.5 Å². The zero-order valence-electron chi connectivity index (χ0n) is 12.2. The molecule has 7 heteroatoms. The summed E-state index contributed by atoms with van der Waals surface area (Å²) >= 11 is 0. The third kappa shape index (κ3) is 4.42. The van der Waals surface area contributed by atoms with Crippen LogP contribution in [0.3, 0.4) is 0 Å². The predicted octanol–water partition coefficient (Wildman–Crippen LogP) is 1.40. The van der Waals surface area contributed by atoms with E-state index in [0.717, 1.165) is 0 Å². The van der Waals surface area contributed by atoms with Crippen LogP contribution < -0.4 is 5.32 Å². The van der Waals surface area contributed by atoms with Gasteiger partial charge in [0.05, 0.1) is 6.61 Å². The monoisotopic (exact) mass is 303 g/mol. The Balaban J connectivity index is 2.02. The van der Waals surface area contributed by atoms with Crippen LogP contribution in [-0.4, -0.2) is 48.7 Å². The first kappa shape index (κ1) is 15.7. The first-order valence-corrected chi connectivity index (χ1v) is 6.74. The highest BCUT2D eigenvalue weighted by molar-refractivity contribution is 5.99. The summed E-state index contributed by atoms with van der Waals surface area (Å²) < 4.78 is 9.63. The van der Waals surface area contributed by atoms with Gasteiger partial charge in [-0.1, -0.05) is 23.4 Å². The van der Waals surface area contributed by atoms with Crippen molar-refractivity contribution in [2.45, 2.75) is 0 Å². The molecule has 0 aliphatic carbocycles. The van der Waals surface area contributed by atoms with Crippen LogP contribution in [0, 0.1) is 0 Å². The molecule has 2 amide bonds. The van der Waals surface area contributed by atoms with E-state index in [1.807, 2.05) is 6.07 Å². The van der Waals surface area contributed by atoms with Crippen LogP contribution in [0.25, 0.3) is 0 Å². The molecule has 0 aliphatic heterocycles. The number of hydrogen-bond donors (Lipinski definition) is 1. The number of aromatic nitrogens is 1. The molecule has 0 bridgehead atoms. The first-order chi connectivity index (χ1) is 10.7. The van der Waals surface area contributed by atoms with Crippen molar-refractivity contribution in [2.75, 3.05) is 32.1 Å². The Labute approximate surface area is 127 Å². The molecule has 22 heavy (non-hydrogen) atoms. The maximum absolute atomic E-state index is 12.4. The zero-order chi connectivity index (χ0) is 15.8. The van der Waals surface area contributed by atoms with Gasteiger partial charge in [-0.05, 0) is 12.1 Å². The lowest BCUT2D eigenvalue weighted by Gasteiger charge is -2.21. The molecule has 0 saturated heterocycles. The number of carbonyl (C=O) groups is 2. The minimum absolute atomic E-state index is 0.0933. The van der Waals surface area contributed by atoms with Crippen LogP contribution in [0.2, 0.25) is 0 Å². The van der Waals surface area contributed by atoms with Gasteiger partial charge >= 0.3 is 0 Å². The molecular weight excluding hydrogens is 286 g/mol. The summed E-state index contributed by atoms with van der Waals surface area (Å²) in [5.41, 5.74) is 0.521. The fraction of sp³-hybridized carbons (Fsp3) is 0.267. The zero-order valence-corrected chi connectivity index (χ0v) is 12.2. The maximum atomic E-state index is 12.4. The van der Waals surface area contributed by atoms with Gasteiger partial charge in [-0.3, -0.25) is 9.59 Å². The topological polar surface area (TPSA) is 84.7 Å². The van der Waals surface area contributed by atoms with Crippen LogP contribution in [-0.2, 0) is 9.53 Å². The van der Waals surface area contributed by atoms with E-state index in [-0.39, 0.29) is 18.4 Å². The van der Waals surface area contributed by atoms with E-state index < -0.39 is 0 Å². The fourth-order valence-corrected chi connectivity index (χ4v) is 1.85. The molecule has 0 radical (unpaired) electrons. The summed E-state index contributed by atoms with van der Waals surface area (Å²) in [6, 6.07) is 10.3. The van der Waals surface area contributed by atoms with Crippen molar-refractivity contribution < 1.29 is 18.8 Å². The second kappa shape index (κ2) is 7.94. The number of anilines is 1. The van der Waals surface area contributed by atoms with Gasteiger partial charge in [-0.2, -0.15) is 0 Å². The lowest BCUT2D eigenvalue weighted by atomic mass is 10.2. The van der Waals surface area contributed by atoms with Crippen molar-refractivity contribution in [1.29, 1.82) is 0 Å². The second-order valence-electron chi connectivity index (χ2n) is 4.52. The number of rotatable bonds is 7. The highest BCUT2D eigenvalue weighted by atomic mass is 16.5. The molecular formula is C15H17N3O4. The summed E-state index contributed by atoms with van der Waals surface area (Å²) in [5, 5.41) is 6.15. The maximum Gasteiger partial charge on any atom is 0.254 e. The highest BCUT2D eigenvalue weighted by Gasteiger charge is 2.19. The number of nitrogens with one attached hydrogen (secondary N) is 1. The number of carbonyl (C=O) groups excluding carboxylic acids is 2. The molecule has 2 rings (SSSR count). The standard InChI is InChI=1S/C15H17N3O4/c1-21-10-8-18(15(20)12-5-3-2-4-6-12)11-14(19)16-13-7-9-22-17-13/h2-7,9H,8,10-11H2,1H3,(H,16,17,19). The smallest absolute Gasteiger partial charge is 0.254 e. The number of hydrogen-bond acceptors (Lipinski definition) is 5. The molecule has 0 saturated carbocycles. The van der Waals surface area contributed by atoms with Crippen molar-refractivity contribution in [3.8, 4) is 0 Å². The van der Waals surface area contributed by atoms with Crippen LogP contribution in [0.1, 0.15) is 10.4 Å². The summed E-state index contributed by atoms with van der Waals surface area (Å²) in [7, 11) is 1.54. The molecule has 0 unspecified atom stereocenters. The minimum atomic E-state index is -0.353. The average molecular weight is 303 g/mol. The Morgan fingerprint density at radius 3 is 2.68 bits per heavy atom. The Morgan fingerprint density at radius 1 is 1.27 bits per heavy atom. The molecule has 1 N–H and O–H groups in total. The van der Waals surface area contributed by atoms with E-state index in [2.05, 4.69) is 15.0 Å². The second-order valence-corrected chi connectivity index (χ2v) is 4.52. The van der Waals surface area contributed by atoms with Gasteiger partial charge in [0, 0.05) is 25.3 Å². The quantitative estimate of drug-likeness (QED) is 0.836. The molecule has 1 heterocycles. The summed E-state index contributed by atoms with van der Waals surface area (Å²) in [4.78, 5) is 25.9. The lowest BCUT2D eigenvalue weighted by Crippen LogP contribution is -2.40. The Bertz CT molecular complexity index is 599. The summed E-state index contributed by atoms with van der Waals surface area (Å²) in [6.45, 7) is 0.566. The summed E-state index contributed by atoms with van der Waals surface area (Å²) in [5.74, 6) is -0.272. The number of ether oxygens (including phenoxy) is 1. The van der Waals surface area contributed by atoms with E-state index in [9.17, 15) is 9.59 Å². The van der Waals surface area contributed by atoms with E-state index >= 15 is 0 Å². The Morgan fingerprint density at radius 2 is 2.05 bits per heavy atom. The van der Waals surface area contributed by atoms with Crippen LogP contribution >= 0.6 is 0 Å². The largest absolute Gasteiger partial charge is 0.383 e. The normalized spacial score (nSPS) is 10.2. The van der Waals surface area contributed by atoms with E-state index in [1.165, 1.54) is 17.2 Å². The van der Waals surface area contributed by atoms with Crippen molar-refractivity contribution in [3.05, 3.63) is 48.2 Å². The van der Waals surface area contributed by atoms with Crippen molar-refractivity contribution in [1.82, 2.24) is 10.1 Å².